The zero-order chi connectivity index (χ0) is 13.5. The first-order chi connectivity index (χ1) is 9.12. The minimum absolute atomic E-state index is 0.254. The Hall–Kier alpha value is -1.35. The molecule has 3 rings (SSSR count). The van der Waals surface area contributed by atoms with E-state index in [1.54, 1.807) is 12.1 Å². The first-order valence-corrected chi connectivity index (χ1v) is 7.03. The highest BCUT2D eigenvalue weighted by molar-refractivity contribution is 5.78. The minimum atomic E-state index is -0.926. The van der Waals surface area contributed by atoms with Gasteiger partial charge in [-0.05, 0) is 37.3 Å². The largest absolute Gasteiger partial charge is 0.455 e. The summed E-state index contributed by atoms with van der Waals surface area (Å²) in [5.74, 6) is 0.678. The molecule has 1 aliphatic rings. The van der Waals surface area contributed by atoms with E-state index in [-0.39, 0.29) is 11.4 Å². The summed E-state index contributed by atoms with van der Waals surface area (Å²) in [6.45, 7) is 2.15. The number of hydrogen-bond acceptors (Lipinski definition) is 2. The fourth-order valence-electron chi connectivity index (χ4n) is 3.19. The lowest BCUT2D eigenvalue weighted by Gasteiger charge is -2.34. The molecule has 1 fully saturated rings. The molecule has 2 aromatic rings. The molecule has 19 heavy (non-hydrogen) atoms. The van der Waals surface area contributed by atoms with Crippen molar-refractivity contribution in [2.75, 3.05) is 0 Å². The second-order valence-electron chi connectivity index (χ2n) is 5.67. The summed E-state index contributed by atoms with van der Waals surface area (Å²) in [5, 5.41) is 11.5. The zero-order valence-corrected chi connectivity index (χ0v) is 11.2. The van der Waals surface area contributed by atoms with Crippen LogP contribution < -0.4 is 0 Å². The summed E-state index contributed by atoms with van der Waals surface area (Å²) in [5.41, 5.74) is -0.672. The fourth-order valence-corrected chi connectivity index (χ4v) is 3.19. The topological polar surface area (TPSA) is 33.4 Å². The second kappa shape index (κ2) is 4.64. The van der Waals surface area contributed by atoms with Crippen molar-refractivity contribution in [3.63, 3.8) is 0 Å². The van der Waals surface area contributed by atoms with Gasteiger partial charge in [0.15, 0.2) is 11.4 Å². The predicted octanol–water partition coefficient (Wildman–Crippen LogP) is 4.36. The number of halogens is 1. The molecule has 0 radical (unpaired) electrons. The molecule has 1 heterocycles. The van der Waals surface area contributed by atoms with E-state index in [1.165, 1.54) is 6.07 Å². The van der Waals surface area contributed by atoms with Gasteiger partial charge in [-0.3, -0.25) is 0 Å². The van der Waals surface area contributed by atoms with E-state index >= 15 is 0 Å². The molecule has 1 aliphatic carbocycles. The van der Waals surface area contributed by atoms with E-state index in [4.69, 9.17) is 4.42 Å². The van der Waals surface area contributed by atoms with Crippen molar-refractivity contribution in [1.29, 1.82) is 0 Å². The van der Waals surface area contributed by atoms with Crippen molar-refractivity contribution in [3.05, 3.63) is 35.8 Å². The zero-order valence-electron chi connectivity index (χ0n) is 11.2. The van der Waals surface area contributed by atoms with Crippen LogP contribution >= 0.6 is 0 Å². The van der Waals surface area contributed by atoms with Gasteiger partial charge in [0, 0.05) is 5.39 Å². The predicted molar refractivity (Wildman–Crippen MR) is 72.3 cm³/mol. The van der Waals surface area contributed by atoms with Crippen LogP contribution in [0, 0.1) is 11.7 Å². The van der Waals surface area contributed by atoms with Crippen LogP contribution in [0.4, 0.5) is 4.39 Å². The summed E-state index contributed by atoms with van der Waals surface area (Å²) in [6.07, 6.45) is 4.63. The van der Waals surface area contributed by atoms with Gasteiger partial charge >= 0.3 is 0 Å². The average molecular weight is 262 g/mol. The third-order valence-electron chi connectivity index (χ3n) is 4.36. The van der Waals surface area contributed by atoms with Crippen LogP contribution in [-0.2, 0) is 5.60 Å². The van der Waals surface area contributed by atoms with Crippen LogP contribution in [0.2, 0.25) is 0 Å². The van der Waals surface area contributed by atoms with Crippen molar-refractivity contribution >= 4 is 11.0 Å². The first kappa shape index (κ1) is 12.7. The summed E-state index contributed by atoms with van der Waals surface area (Å²) < 4.78 is 19.3. The highest BCUT2D eigenvalue weighted by atomic mass is 19.1. The molecule has 1 aromatic heterocycles. The number of fused-ring (bicyclic) bond motifs is 1. The molecule has 0 aliphatic heterocycles. The van der Waals surface area contributed by atoms with Crippen LogP contribution in [0.3, 0.4) is 0 Å². The lowest BCUT2D eigenvalue weighted by Crippen LogP contribution is -2.32. The summed E-state index contributed by atoms with van der Waals surface area (Å²) in [6, 6.07) is 6.65. The van der Waals surface area contributed by atoms with Crippen molar-refractivity contribution in [1.82, 2.24) is 0 Å². The quantitative estimate of drug-likeness (QED) is 0.872. The Morgan fingerprint density at radius 1 is 1.47 bits per heavy atom. The number of aliphatic hydroxyl groups is 1. The van der Waals surface area contributed by atoms with Crippen molar-refractivity contribution in [2.24, 2.45) is 5.92 Å². The van der Waals surface area contributed by atoms with E-state index < -0.39 is 5.60 Å². The molecule has 3 heteroatoms. The molecular formula is C16H19FO2. The molecule has 2 atom stereocenters. The third-order valence-corrected chi connectivity index (χ3v) is 4.36. The molecule has 2 nitrogen and oxygen atoms in total. The lowest BCUT2D eigenvalue weighted by atomic mass is 9.76. The lowest BCUT2D eigenvalue weighted by molar-refractivity contribution is -0.0380. The SMILES string of the molecule is CCC1CCCC(O)(c2cc3cccc(F)c3o2)C1. The van der Waals surface area contributed by atoms with Crippen molar-refractivity contribution in [3.8, 4) is 0 Å². The maximum Gasteiger partial charge on any atom is 0.170 e. The van der Waals surface area contributed by atoms with Crippen molar-refractivity contribution < 1.29 is 13.9 Å². The summed E-state index contributed by atoms with van der Waals surface area (Å²) >= 11 is 0. The number of para-hydroxylation sites is 1. The van der Waals surface area contributed by atoms with Crippen LogP contribution in [0.1, 0.15) is 44.8 Å². The smallest absolute Gasteiger partial charge is 0.170 e. The van der Waals surface area contributed by atoms with Gasteiger partial charge in [-0.1, -0.05) is 31.9 Å². The molecule has 1 saturated carbocycles. The van der Waals surface area contributed by atoms with Crippen LogP contribution in [0.5, 0.6) is 0 Å². The van der Waals surface area contributed by atoms with E-state index in [0.717, 1.165) is 24.6 Å². The molecule has 102 valence electrons. The molecule has 0 saturated heterocycles. The second-order valence-corrected chi connectivity index (χ2v) is 5.67. The Morgan fingerprint density at radius 3 is 3.05 bits per heavy atom. The van der Waals surface area contributed by atoms with Crippen LogP contribution in [0.15, 0.2) is 28.7 Å². The molecule has 1 N–H and O–H groups in total. The maximum atomic E-state index is 13.7. The van der Waals surface area contributed by atoms with E-state index in [1.807, 2.05) is 6.07 Å². The highest BCUT2D eigenvalue weighted by Gasteiger charge is 2.38. The number of furan rings is 1. The molecule has 1 aromatic carbocycles. The number of benzene rings is 1. The molecular weight excluding hydrogens is 243 g/mol. The Balaban J connectivity index is 2.01. The number of hydrogen-bond donors (Lipinski definition) is 1. The van der Waals surface area contributed by atoms with Crippen LogP contribution in [-0.4, -0.2) is 5.11 Å². The van der Waals surface area contributed by atoms with Gasteiger partial charge in [0.2, 0.25) is 0 Å². The fraction of sp³-hybridized carbons (Fsp3) is 0.500. The minimum Gasteiger partial charge on any atom is -0.455 e. The van der Waals surface area contributed by atoms with Gasteiger partial charge in [-0.25, -0.2) is 4.39 Å². The summed E-state index contributed by atoms with van der Waals surface area (Å²) in [7, 11) is 0. The third kappa shape index (κ3) is 2.16. The van der Waals surface area contributed by atoms with E-state index in [2.05, 4.69) is 6.92 Å². The Bertz CT molecular complexity index is 589. The van der Waals surface area contributed by atoms with Crippen molar-refractivity contribution in [2.45, 2.75) is 44.6 Å². The highest BCUT2D eigenvalue weighted by Crippen LogP contribution is 2.42. The summed E-state index contributed by atoms with van der Waals surface area (Å²) in [4.78, 5) is 0. The van der Waals surface area contributed by atoms with Gasteiger partial charge in [0.05, 0.1) is 0 Å². The van der Waals surface area contributed by atoms with E-state index in [0.29, 0.717) is 24.5 Å². The van der Waals surface area contributed by atoms with Gasteiger partial charge in [-0.15, -0.1) is 0 Å². The van der Waals surface area contributed by atoms with Gasteiger partial charge in [0.25, 0.3) is 0 Å². The van der Waals surface area contributed by atoms with Gasteiger partial charge in [0.1, 0.15) is 11.4 Å². The van der Waals surface area contributed by atoms with Gasteiger partial charge in [-0.2, -0.15) is 0 Å². The molecule has 2 unspecified atom stereocenters. The van der Waals surface area contributed by atoms with E-state index in [9.17, 15) is 9.50 Å². The maximum absolute atomic E-state index is 13.7. The molecule has 0 spiro atoms. The van der Waals surface area contributed by atoms with Gasteiger partial charge < -0.3 is 9.52 Å². The number of rotatable bonds is 2. The Kier molecular flexibility index (Phi) is 3.09. The Labute approximate surface area is 112 Å². The standard InChI is InChI=1S/C16H19FO2/c1-2-11-5-4-8-16(18,10-11)14-9-12-6-3-7-13(17)15(12)19-14/h3,6-7,9,11,18H,2,4-5,8,10H2,1H3. The molecule has 0 amide bonds. The normalized spacial score (nSPS) is 27.8. The average Bonchev–Trinajstić information content (AvgIpc) is 2.85. The first-order valence-electron chi connectivity index (χ1n) is 7.03. The Morgan fingerprint density at radius 2 is 2.32 bits per heavy atom. The monoisotopic (exact) mass is 262 g/mol. The molecule has 0 bridgehead atoms. The van der Waals surface area contributed by atoms with Crippen LogP contribution in [0.25, 0.3) is 11.0 Å².